The molecular weight excluding hydrogens is 358 g/mol. The number of methoxy groups -OCH3 is 1. The average molecular weight is 381 g/mol. The summed E-state index contributed by atoms with van der Waals surface area (Å²) in [5, 5.41) is 3.91. The second kappa shape index (κ2) is 8.41. The Balaban J connectivity index is 1.40. The van der Waals surface area contributed by atoms with Crippen LogP contribution in [0.4, 0.5) is 5.82 Å². The van der Waals surface area contributed by atoms with Gasteiger partial charge in [0.15, 0.2) is 11.6 Å². The Morgan fingerprint density at radius 2 is 1.86 bits per heavy atom. The SMILES string of the molecule is COCc1noc(CN2CCN(c3cc(C)nc(-c4ccncc4)n3)CC2)n1. The smallest absolute Gasteiger partial charge is 0.240 e. The summed E-state index contributed by atoms with van der Waals surface area (Å²) in [4.78, 5) is 22.4. The van der Waals surface area contributed by atoms with E-state index in [1.807, 2.05) is 25.1 Å². The first kappa shape index (κ1) is 18.5. The lowest BCUT2D eigenvalue weighted by molar-refractivity contribution is 0.174. The van der Waals surface area contributed by atoms with E-state index in [2.05, 4.69) is 29.9 Å². The van der Waals surface area contributed by atoms with Crippen LogP contribution >= 0.6 is 0 Å². The Morgan fingerprint density at radius 1 is 1.07 bits per heavy atom. The highest BCUT2D eigenvalue weighted by molar-refractivity contribution is 5.57. The number of ether oxygens (including phenoxy) is 1. The van der Waals surface area contributed by atoms with Crippen molar-refractivity contribution in [1.82, 2.24) is 30.0 Å². The Morgan fingerprint density at radius 3 is 2.61 bits per heavy atom. The van der Waals surface area contributed by atoms with E-state index in [4.69, 9.17) is 14.2 Å². The largest absolute Gasteiger partial charge is 0.377 e. The van der Waals surface area contributed by atoms with Crippen molar-refractivity contribution in [2.45, 2.75) is 20.1 Å². The maximum atomic E-state index is 5.29. The molecular formula is C19H23N7O2. The van der Waals surface area contributed by atoms with Gasteiger partial charge in [-0.15, -0.1) is 0 Å². The molecule has 1 saturated heterocycles. The van der Waals surface area contributed by atoms with E-state index in [9.17, 15) is 0 Å². The summed E-state index contributed by atoms with van der Waals surface area (Å²) in [7, 11) is 1.62. The molecule has 1 aliphatic heterocycles. The molecule has 4 heterocycles. The molecule has 4 rings (SSSR count). The standard InChI is InChI=1S/C19H23N7O2/c1-14-11-17(23-19(21-14)15-3-5-20-6-4-15)26-9-7-25(8-10-26)12-18-22-16(13-27-2)24-28-18/h3-6,11H,7-10,12-13H2,1-2H3. The molecule has 9 nitrogen and oxygen atoms in total. The third-order valence-electron chi connectivity index (χ3n) is 4.62. The molecule has 0 bridgehead atoms. The summed E-state index contributed by atoms with van der Waals surface area (Å²) < 4.78 is 10.3. The number of aryl methyl sites for hydroxylation is 1. The zero-order valence-corrected chi connectivity index (χ0v) is 16.1. The molecule has 3 aromatic heterocycles. The van der Waals surface area contributed by atoms with Crippen molar-refractivity contribution in [3.63, 3.8) is 0 Å². The van der Waals surface area contributed by atoms with Crippen LogP contribution in [0.3, 0.4) is 0 Å². The minimum absolute atomic E-state index is 0.365. The lowest BCUT2D eigenvalue weighted by Gasteiger charge is -2.34. The van der Waals surface area contributed by atoms with Crippen molar-refractivity contribution in [2.75, 3.05) is 38.2 Å². The van der Waals surface area contributed by atoms with Crippen LogP contribution in [0.15, 0.2) is 35.1 Å². The summed E-state index contributed by atoms with van der Waals surface area (Å²) in [5.74, 6) is 2.89. The number of rotatable bonds is 6. The number of aromatic nitrogens is 5. The van der Waals surface area contributed by atoms with Gasteiger partial charge < -0.3 is 14.2 Å². The normalized spacial score (nSPS) is 15.1. The number of piperazine rings is 1. The van der Waals surface area contributed by atoms with Gasteiger partial charge in [0.2, 0.25) is 5.89 Å². The van der Waals surface area contributed by atoms with Crippen LogP contribution in [0, 0.1) is 6.92 Å². The first-order valence-electron chi connectivity index (χ1n) is 9.25. The van der Waals surface area contributed by atoms with Gasteiger partial charge in [-0.3, -0.25) is 9.88 Å². The molecule has 1 fully saturated rings. The van der Waals surface area contributed by atoms with Gasteiger partial charge in [0.05, 0.1) is 6.54 Å². The highest BCUT2D eigenvalue weighted by Crippen LogP contribution is 2.21. The molecule has 0 atom stereocenters. The maximum Gasteiger partial charge on any atom is 0.240 e. The van der Waals surface area contributed by atoms with Crippen molar-refractivity contribution >= 4 is 5.82 Å². The molecule has 0 amide bonds. The molecule has 0 aliphatic carbocycles. The number of hydrogen-bond acceptors (Lipinski definition) is 9. The highest BCUT2D eigenvalue weighted by Gasteiger charge is 2.21. The summed E-state index contributed by atoms with van der Waals surface area (Å²) in [6.07, 6.45) is 3.52. The van der Waals surface area contributed by atoms with Gasteiger partial charge in [-0.1, -0.05) is 5.16 Å². The molecule has 0 N–H and O–H groups in total. The summed E-state index contributed by atoms with van der Waals surface area (Å²) in [6.45, 7) is 6.57. The van der Waals surface area contributed by atoms with Gasteiger partial charge in [0.25, 0.3) is 0 Å². The molecule has 0 unspecified atom stereocenters. The lowest BCUT2D eigenvalue weighted by atomic mass is 10.2. The van der Waals surface area contributed by atoms with Crippen LogP contribution in [-0.4, -0.2) is 63.3 Å². The van der Waals surface area contributed by atoms with E-state index in [1.54, 1.807) is 19.5 Å². The molecule has 0 aromatic carbocycles. The molecule has 0 saturated carbocycles. The summed E-state index contributed by atoms with van der Waals surface area (Å²) in [6, 6.07) is 5.90. The van der Waals surface area contributed by atoms with Crippen molar-refractivity contribution < 1.29 is 9.26 Å². The van der Waals surface area contributed by atoms with Crippen molar-refractivity contribution in [3.8, 4) is 11.4 Å². The van der Waals surface area contributed by atoms with Crippen molar-refractivity contribution in [3.05, 3.63) is 48.0 Å². The quantitative estimate of drug-likeness (QED) is 0.632. The Bertz CT molecular complexity index is 908. The average Bonchev–Trinajstić information content (AvgIpc) is 3.16. The highest BCUT2D eigenvalue weighted by atomic mass is 16.5. The van der Waals surface area contributed by atoms with Crippen LogP contribution in [-0.2, 0) is 17.9 Å². The zero-order chi connectivity index (χ0) is 19.3. The molecule has 9 heteroatoms. The van der Waals surface area contributed by atoms with Crippen LogP contribution in [0.1, 0.15) is 17.4 Å². The second-order valence-corrected chi connectivity index (χ2v) is 6.73. The fourth-order valence-corrected chi connectivity index (χ4v) is 3.21. The number of pyridine rings is 1. The fraction of sp³-hybridized carbons (Fsp3) is 0.421. The maximum absolute atomic E-state index is 5.29. The van der Waals surface area contributed by atoms with E-state index in [0.29, 0.717) is 24.9 Å². The first-order chi connectivity index (χ1) is 13.7. The van der Waals surface area contributed by atoms with Gasteiger partial charge in [-0.25, -0.2) is 9.97 Å². The Labute approximate surface area is 163 Å². The minimum atomic E-state index is 0.365. The van der Waals surface area contributed by atoms with E-state index in [0.717, 1.165) is 49.1 Å². The molecule has 146 valence electrons. The van der Waals surface area contributed by atoms with E-state index in [1.165, 1.54) is 0 Å². The van der Waals surface area contributed by atoms with Crippen molar-refractivity contribution in [2.24, 2.45) is 0 Å². The van der Waals surface area contributed by atoms with Gasteiger partial charge in [0, 0.05) is 63.0 Å². The zero-order valence-electron chi connectivity index (χ0n) is 16.1. The molecule has 3 aromatic rings. The second-order valence-electron chi connectivity index (χ2n) is 6.73. The lowest BCUT2D eigenvalue weighted by Crippen LogP contribution is -2.46. The molecule has 1 aliphatic rings. The van der Waals surface area contributed by atoms with Crippen LogP contribution in [0.5, 0.6) is 0 Å². The topological polar surface area (TPSA) is 93.3 Å². The summed E-state index contributed by atoms with van der Waals surface area (Å²) in [5.41, 5.74) is 1.93. The van der Waals surface area contributed by atoms with Gasteiger partial charge >= 0.3 is 0 Å². The summed E-state index contributed by atoms with van der Waals surface area (Å²) >= 11 is 0. The van der Waals surface area contributed by atoms with Crippen molar-refractivity contribution in [1.29, 1.82) is 0 Å². The van der Waals surface area contributed by atoms with Crippen LogP contribution < -0.4 is 4.90 Å². The van der Waals surface area contributed by atoms with Gasteiger partial charge in [-0.05, 0) is 19.1 Å². The Kier molecular flexibility index (Phi) is 5.54. The number of nitrogens with zero attached hydrogens (tertiary/aromatic N) is 7. The molecule has 0 radical (unpaired) electrons. The molecule has 0 spiro atoms. The third kappa shape index (κ3) is 4.32. The van der Waals surface area contributed by atoms with Crippen LogP contribution in [0.25, 0.3) is 11.4 Å². The number of anilines is 1. The van der Waals surface area contributed by atoms with E-state index < -0.39 is 0 Å². The Hall–Kier alpha value is -2.91. The van der Waals surface area contributed by atoms with Crippen LogP contribution in [0.2, 0.25) is 0 Å². The molecule has 28 heavy (non-hydrogen) atoms. The van der Waals surface area contributed by atoms with E-state index >= 15 is 0 Å². The third-order valence-corrected chi connectivity index (χ3v) is 4.62. The van der Waals surface area contributed by atoms with Gasteiger partial charge in [-0.2, -0.15) is 4.98 Å². The van der Waals surface area contributed by atoms with E-state index in [-0.39, 0.29) is 0 Å². The van der Waals surface area contributed by atoms with Gasteiger partial charge in [0.1, 0.15) is 12.4 Å². The predicted molar refractivity (Wildman–Crippen MR) is 103 cm³/mol. The number of hydrogen-bond donors (Lipinski definition) is 0. The predicted octanol–water partition coefficient (Wildman–Crippen LogP) is 1.70. The first-order valence-corrected chi connectivity index (χ1v) is 9.25. The minimum Gasteiger partial charge on any atom is -0.377 e. The monoisotopic (exact) mass is 381 g/mol. The fourth-order valence-electron chi connectivity index (χ4n) is 3.21.